The lowest BCUT2D eigenvalue weighted by Crippen LogP contribution is -2.12. The summed E-state index contributed by atoms with van der Waals surface area (Å²) in [5.74, 6) is 0.312. The van der Waals surface area contributed by atoms with Crippen LogP contribution in [0, 0.1) is 11.3 Å². The van der Waals surface area contributed by atoms with E-state index in [-0.39, 0.29) is 12.5 Å². The Morgan fingerprint density at radius 1 is 1.00 bits per heavy atom. The van der Waals surface area contributed by atoms with E-state index in [1.165, 1.54) is 0 Å². The van der Waals surface area contributed by atoms with Gasteiger partial charge in [0.05, 0.1) is 22.8 Å². The van der Waals surface area contributed by atoms with Crippen LogP contribution in [0.1, 0.15) is 21.5 Å². The first-order chi connectivity index (χ1) is 14.2. The van der Waals surface area contributed by atoms with Gasteiger partial charge in [-0.25, -0.2) is 0 Å². The first kappa shape index (κ1) is 18.2. The number of rotatable bonds is 5. The van der Waals surface area contributed by atoms with E-state index in [2.05, 4.69) is 16.4 Å². The van der Waals surface area contributed by atoms with Crippen LogP contribution in [0.25, 0.3) is 10.9 Å². The van der Waals surface area contributed by atoms with Crippen LogP contribution in [-0.4, -0.2) is 10.9 Å². The predicted octanol–water partition coefficient (Wildman–Crippen LogP) is 4.94. The Bertz CT molecular complexity index is 1220. The minimum atomic E-state index is -0.244. The highest BCUT2D eigenvalue weighted by Gasteiger charge is 2.10. The second kappa shape index (κ2) is 8.24. The Morgan fingerprint density at radius 3 is 2.72 bits per heavy atom. The molecule has 0 aliphatic rings. The van der Waals surface area contributed by atoms with Crippen molar-refractivity contribution in [3.63, 3.8) is 0 Å². The Morgan fingerprint density at radius 2 is 1.83 bits per heavy atom. The molecule has 0 saturated heterocycles. The highest BCUT2D eigenvalue weighted by Crippen LogP contribution is 2.22. The molecule has 0 radical (unpaired) electrons. The number of pyridine rings is 1. The molecule has 4 rings (SSSR count). The van der Waals surface area contributed by atoms with E-state index in [0.29, 0.717) is 22.6 Å². The first-order valence-corrected chi connectivity index (χ1v) is 9.10. The molecule has 1 aromatic heterocycles. The lowest BCUT2D eigenvalue weighted by Gasteiger charge is -2.10. The zero-order chi connectivity index (χ0) is 20.1. The minimum absolute atomic E-state index is 0.244. The van der Waals surface area contributed by atoms with Crippen LogP contribution >= 0.6 is 0 Å². The minimum Gasteiger partial charge on any atom is -0.489 e. The van der Waals surface area contributed by atoms with Crippen molar-refractivity contribution in [3.05, 3.63) is 102 Å². The monoisotopic (exact) mass is 379 g/mol. The molecule has 1 N–H and O–H groups in total. The number of para-hydroxylation sites is 1. The van der Waals surface area contributed by atoms with Gasteiger partial charge in [-0.15, -0.1) is 0 Å². The number of hydrogen-bond acceptors (Lipinski definition) is 4. The Hall–Kier alpha value is -4.17. The molecule has 0 fully saturated rings. The zero-order valence-corrected chi connectivity index (χ0v) is 15.5. The Labute approximate surface area is 168 Å². The second-order valence-electron chi connectivity index (χ2n) is 6.42. The van der Waals surface area contributed by atoms with Gasteiger partial charge in [-0.3, -0.25) is 9.78 Å². The Kier molecular flexibility index (Phi) is 5.17. The van der Waals surface area contributed by atoms with E-state index < -0.39 is 0 Å². The molecule has 1 amide bonds. The molecule has 0 aliphatic carbocycles. The summed E-state index contributed by atoms with van der Waals surface area (Å²) < 4.78 is 5.80. The van der Waals surface area contributed by atoms with Gasteiger partial charge in [-0.1, -0.05) is 42.5 Å². The predicted molar refractivity (Wildman–Crippen MR) is 112 cm³/mol. The van der Waals surface area contributed by atoms with Crippen LogP contribution in [-0.2, 0) is 6.61 Å². The van der Waals surface area contributed by atoms with Gasteiger partial charge in [0.1, 0.15) is 12.4 Å². The van der Waals surface area contributed by atoms with Crippen molar-refractivity contribution in [2.45, 2.75) is 6.61 Å². The molecule has 5 nitrogen and oxygen atoms in total. The summed E-state index contributed by atoms with van der Waals surface area (Å²) in [6.45, 7) is 0.252. The molecule has 1 heterocycles. The number of nitriles is 1. The van der Waals surface area contributed by atoms with E-state index in [1.54, 1.807) is 36.5 Å². The third-order valence-electron chi connectivity index (χ3n) is 4.51. The molecule has 0 saturated carbocycles. The maximum Gasteiger partial charge on any atom is 0.255 e. The van der Waals surface area contributed by atoms with E-state index in [4.69, 9.17) is 4.74 Å². The van der Waals surface area contributed by atoms with Crippen molar-refractivity contribution in [3.8, 4) is 11.8 Å². The van der Waals surface area contributed by atoms with E-state index >= 15 is 0 Å². The number of anilines is 1. The standard InChI is InChI=1S/C24H17N3O2/c25-15-19-6-1-2-7-20(19)16-29-21-11-3-9-18(14-21)24(28)27-22-12-4-8-17-10-5-13-26-23(17)22/h1-14H,16H2,(H,27,28). The average molecular weight is 379 g/mol. The fourth-order valence-corrected chi connectivity index (χ4v) is 3.04. The fourth-order valence-electron chi connectivity index (χ4n) is 3.04. The molecule has 0 atom stereocenters. The van der Waals surface area contributed by atoms with Gasteiger partial charge in [-0.2, -0.15) is 5.26 Å². The van der Waals surface area contributed by atoms with Crippen LogP contribution in [0.3, 0.4) is 0 Å². The summed E-state index contributed by atoms with van der Waals surface area (Å²) >= 11 is 0. The Balaban J connectivity index is 1.51. The van der Waals surface area contributed by atoms with Crippen molar-refractivity contribution < 1.29 is 9.53 Å². The van der Waals surface area contributed by atoms with E-state index in [0.717, 1.165) is 16.5 Å². The van der Waals surface area contributed by atoms with Gasteiger partial charge in [0.25, 0.3) is 5.91 Å². The average Bonchev–Trinajstić information content (AvgIpc) is 2.78. The van der Waals surface area contributed by atoms with Gasteiger partial charge in [0, 0.05) is 22.7 Å². The summed E-state index contributed by atoms with van der Waals surface area (Å²) in [6, 6.07) is 25.9. The normalized spacial score (nSPS) is 10.3. The van der Waals surface area contributed by atoms with Crippen LogP contribution in [0.4, 0.5) is 5.69 Å². The molecule has 0 spiro atoms. The summed E-state index contributed by atoms with van der Waals surface area (Å²) in [4.78, 5) is 17.1. The fraction of sp³-hybridized carbons (Fsp3) is 0.0417. The van der Waals surface area contributed by atoms with Gasteiger partial charge in [-0.05, 0) is 36.4 Å². The highest BCUT2D eigenvalue weighted by molar-refractivity contribution is 6.08. The lowest BCUT2D eigenvalue weighted by molar-refractivity contribution is 0.102. The molecule has 140 valence electrons. The van der Waals surface area contributed by atoms with E-state index in [9.17, 15) is 10.1 Å². The smallest absolute Gasteiger partial charge is 0.255 e. The summed E-state index contributed by atoms with van der Waals surface area (Å²) in [7, 11) is 0. The second-order valence-corrected chi connectivity index (χ2v) is 6.42. The lowest BCUT2D eigenvalue weighted by atomic mass is 10.1. The molecule has 0 bridgehead atoms. The van der Waals surface area contributed by atoms with Crippen molar-refractivity contribution >= 4 is 22.5 Å². The molecule has 3 aromatic carbocycles. The maximum atomic E-state index is 12.7. The van der Waals surface area contributed by atoms with Crippen LogP contribution in [0.2, 0.25) is 0 Å². The molecular formula is C24H17N3O2. The van der Waals surface area contributed by atoms with Gasteiger partial charge >= 0.3 is 0 Å². The molecule has 0 aliphatic heterocycles. The highest BCUT2D eigenvalue weighted by atomic mass is 16.5. The topological polar surface area (TPSA) is 75.0 Å². The number of nitrogens with zero attached hydrogens (tertiary/aromatic N) is 2. The van der Waals surface area contributed by atoms with E-state index in [1.807, 2.05) is 48.5 Å². The first-order valence-electron chi connectivity index (χ1n) is 9.10. The number of hydrogen-bond donors (Lipinski definition) is 1. The van der Waals surface area contributed by atoms with Crippen LogP contribution in [0.15, 0.2) is 85.1 Å². The number of carbonyl (C=O) groups excluding carboxylic acids is 1. The summed E-state index contributed by atoms with van der Waals surface area (Å²) in [5.41, 5.74) is 3.24. The number of nitrogens with one attached hydrogen (secondary N) is 1. The maximum absolute atomic E-state index is 12.7. The molecule has 5 heteroatoms. The zero-order valence-electron chi connectivity index (χ0n) is 15.5. The molecular weight excluding hydrogens is 362 g/mol. The van der Waals surface area contributed by atoms with Crippen molar-refractivity contribution in [1.82, 2.24) is 4.98 Å². The molecule has 4 aromatic rings. The molecule has 29 heavy (non-hydrogen) atoms. The van der Waals surface area contributed by atoms with Gasteiger partial charge in [0.15, 0.2) is 0 Å². The van der Waals surface area contributed by atoms with Gasteiger partial charge < -0.3 is 10.1 Å². The third kappa shape index (κ3) is 4.07. The SMILES string of the molecule is N#Cc1ccccc1COc1cccc(C(=O)Nc2cccc3cccnc23)c1. The quantitative estimate of drug-likeness (QED) is 0.533. The number of aromatic nitrogens is 1. The number of fused-ring (bicyclic) bond motifs is 1. The number of benzene rings is 3. The van der Waals surface area contributed by atoms with Crippen molar-refractivity contribution in [2.75, 3.05) is 5.32 Å². The van der Waals surface area contributed by atoms with Gasteiger partial charge in [0.2, 0.25) is 0 Å². The number of carbonyl (C=O) groups is 1. The van der Waals surface area contributed by atoms with Crippen molar-refractivity contribution in [1.29, 1.82) is 5.26 Å². The number of ether oxygens (including phenoxy) is 1. The third-order valence-corrected chi connectivity index (χ3v) is 4.51. The van der Waals surface area contributed by atoms with Crippen LogP contribution in [0.5, 0.6) is 5.75 Å². The molecule has 0 unspecified atom stereocenters. The summed E-state index contributed by atoms with van der Waals surface area (Å²) in [5, 5.41) is 13.1. The largest absolute Gasteiger partial charge is 0.489 e. The van der Waals surface area contributed by atoms with Crippen LogP contribution < -0.4 is 10.1 Å². The number of amides is 1. The van der Waals surface area contributed by atoms with Crippen molar-refractivity contribution in [2.24, 2.45) is 0 Å². The summed E-state index contributed by atoms with van der Waals surface area (Å²) in [6.07, 6.45) is 1.70.